The maximum absolute atomic E-state index is 13.0. The first-order valence-corrected chi connectivity index (χ1v) is 10.1. The maximum atomic E-state index is 13.0. The third-order valence-corrected chi connectivity index (χ3v) is 5.36. The molecule has 1 amide bonds. The third kappa shape index (κ3) is 4.78. The van der Waals surface area contributed by atoms with Crippen molar-refractivity contribution in [2.45, 2.75) is 20.0 Å². The van der Waals surface area contributed by atoms with Gasteiger partial charge in [-0.1, -0.05) is 42.2 Å². The number of thioether (sulfide) groups is 1. The lowest BCUT2D eigenvalue weighted by Gasteiger charge is -2.15. The molecule has 150 valence electrons. The highest BCUT2D eigenvalue weighted by Gasteiger charge is 2.33. The number of carbonyl (C=O) groups excluding carboxylic acids is 1. The van der Waals surface area contributed by atoms with E-state index < -0.39 is 12.1 Å². The van der Waals surface area contributed by atoms with Crippen LogP contribution in [0.1, 0.15) is 19.4 Å². The monoisotopic (exact) mass is 429 g/mol. The van der Waals surface area contributed by atoms with Crippen molar-refractivity contribution in [3.8, 4) is 11.5 Å². The van der Waals surface area contributed by atoms with Gasteiger partial charge in [-0.15, -0.1) is 0 Å². The second-order valence-electron chi connectivity index (χ2n) is 6.08. The molecule has 0 saturated carbocycles. The smallest absolute Gasteiger partial charge is 0.344 e. The van der Waals surface area contributed by atoms with Gasteiger partial charge in [0.2, 0.25) is 0 Å². The van der Waals surface area contributed by atoms with Gasteiger partial charge < -0.3 is 14.6 Å². The highest BCUT2D eigenvalue weighted by molar-refractivity contribution is 8.27. The number of carboxylic acids is 1. The van der Waals surface area contributed by atoms with Crippen LogP contribution >= 0.6 is 24.0 Å². The number of hydrogen-bond donors (Lipinski definition) is 1. The first-order chi connectivity index (χ1) is 13.9. The average Bonchev–Trinajstić information content (AvgIpc) is 2.97. The Bertz CT molecular complexity index is 971. The van der Waals surface area contributed by atoms with E-state index >= 15 is 0 Å². The topological polar surface area (TPSA) is 76.1 Å². The van der Waals surface area contributed by atoms with Crippen LogP contribution in [0.5, 0.6) is 11.5 Å². The van der Waals surface area contributed by atoms with Gasteiger partial charge in [-0.25, -0.2) is 4.79 Å². The Balaban J connectivity index is 1.86. The summed E-state index contributed by atoms with van der Waals surface area (Å²) in [5.74, 6) is -0.212. The number of benzene rings is 2. The zero-order valence-electron chi connectivity index (χ0n) is 15.8. The molecule has 1 aliphatic heterocycles. The molecule has 1 saturated heterocycles. The van der Waals surface area contributed by atoms with Crippen LogP contribution in [0.15, 0.2) is 53.4 Å². The van der Waals surface area contributed by atoms with Crippen LogP contribution < -0.4 is 14.4 Å². The SMILES string of the molecule is CCOc1ccc(N2C(=O)/C(=C\c3ccccc3OC(C)C(=O)O)SC2=S)cc1. The molecule has 1 aliphatic rings. The number of amides is 1. The fraction of sp³-hybridized carbons (Fsp3) is 0.190. The Kier molecular flexibility index (Phi) is 6.56. The van der Waals surface area contributed by atoms with Crippen LogP contribution in [0.25, 0.3) is 6.08 Å². The highest BCUT2D eigenvalue weighted by atomic mass is 32.2. The number of carboxylic acid groups (broad SMARTS) is 1. The molecule has 2 aromatic carbocycles. The zero-order chi connectivity index (χ0) is 21.0. The standard InChI is InChI=1S/C21H19NO5S2/c1-3-26-16-10-8-15(9-11-16)22-19(23)18(29-21(22)28)12-14-6-4-5-7-17(14)27-13(2)20(24)25/h4-13H,3H2,1-2H3,(H,24,25)/b18-12+. The molecule has 1 atom stereocenters. The van der Waals surface area contributed by atoms with Crippen LogP contribution in [0.2, 0.25) is 0 Å². The Morgan fingerprint density at radius 2 is 1.93 bits per heavy atom. The van der Waals surface area contributed by atoms with Crippen molar-refractivity contribution in [1.82, 2.24) is 0 Å². The lowest BCUT2D eigenvalue weighted by Crippen LogP contribution is -2.27. The number of aliphatic carboxylic acids is 1. The van der Waals surface area contributed by atoms with Crippen LogP contribution in [0.4, 0.5) is 5.69 Å². The molecule has 1 heterocycles. The molecule has 8 heteroatoms. The summed E-state index contributed by atoms with van der Waals surface area (Å²) >= 11 is 6.59. The summed E-state index contributed by atoms with van der Waals surface area (Å²) < 4.78 is 11.4. The zero-order valence-corrected chi connectivity index (χ0v) is 17.5. The molecule has 3 rings (SSSR count). The summed E-state index contributed by atoms with van der Waals surface area (Å²) in [6.45, 7) is 3.91. The summed E-state index contributed by atoms with van der Waals surface area (Å²) in [5.41, 5.74) is 1.26. The molecule has 29 heavy (non-hydrogen) atoms. The Hall–Kier alpha value is -2.84. The highest BCUT2D eigenvalue weighted by Crippen LogP contribution is 2.37. The summed E-state index contributed by atoms with van der Waals surface area (Å²) in [6.07, 6.45) is 0.653. The molecule has 0 spiro atoms. The Morgan fingerprint density at radius 3 is 2.59 bits per heavy atom. The Labute approximate surface area is 178 Å². The molecule has 1 unspecified atom stereocenters. The second-order valence-corrected chi connectivity index (χ2v) is 7.76. The van der Waals surface area contributed by atoms with E-state index in [0.717, 1.165) is 5.75 Å². The fourth-order valence-corrected chi connectivity index (χ4v) is 3.93. The van der Waals surface area contributed by atoms with Crippen molar-refractivity contribution >= 4 is 51.9 Å². The van der Waals surface area contributed by atoms with Crippen molar-refractivity contribution in [3.05, 3.63) is 59.0 Å². The van der Waals surface area contributed by atoms with E-state index in [-0.39, 0.29) is 5.91 Å². The second kappa shape index (κ2) is 9.11. The predicted molar refractivity (Wildman–Crippen MR) is 117 cm³/mol. The number of nitrogens with zero attached hydrogens (tertiary/aromatic N) is 1. The van der Waals surface area contributed by atoms with Crippen molar-refractivity contribution in [2.24, 2.45) is 0 Å². The van der Waals surface area contributed by atoms with Crippen LogP contribution in [0.3, 0.4) is 0 Å². The normalized spacial score (nSPS) is 16.2. The summed E-state index contributed by atoms with van der Waals surface area (Å²) in [4.78, 5) is 25.9. The number of para-hydroxylation sites is 1. The van der Waals surface area contributed by atoms with E-state index in [1.807, 2.05) is 6.92 Å². The molecule has 6 nitrogen and oxygen atoms in total. The van der Waals surface area contributed by atoms with Crippen molar-refractivity contribution in [1.29, 1.82) is 0 Å². The molecule has 0 radical (unpaired) electrons. The fourth-order valence-electron chi connectivity index (χ4n) is 2.64. The van der Waals surface area contributed by atoms with Gasteiger partial charge in [0, 0.05) is 5.56 Å². The quantitative estimate of drug-likeness (QED) is 0.518. The minimum Gasteiger partial charge on any atom is -0.494 e. The first kappa shape index (κ1) is 20.9. The van der Waals surface area contributed by atoms with E-state index in [1.54, 1.807) is 54.6 Å². The van der Waals surface area contributed by atoms with Crippen LogP contribution in [0, 0.1) is 0 Å². The minimum absolute atomic E-state index is 0.245. The predicted octanol–water partition coefficient (Wildman–Crippen LogP) is 4.34. The Morgan fingerprint density at radius 1 is 1.24 bits per heavy atom. The largest absolute Gasteiger partial charge is 0.494 e. The van der Waals surface area contributed by atoms with E-state index in [0.29, 0.717) is 32.8 Å². The third-order valence-electron chi connectivity index (χ3n) is 4.06. The van der Waals surface area contributed by atoms with Gasteiger partial charge in [-0.05, 0) is 50.3 Å². The van der Waals surface area contributed by atoms with Gasteiger partial charge in [-0.3, -0.25) is 9.69 Å². The molecule has 1 fully saturated rings. The average molecular weight is 430 g/mol. The summed E-state index contributed by atoms with van der Waals surface area (Å²) in [7, 11) is 0. The number of thiocarbonyl (C=S) groups is 1. The van der Waals surface area contributed by atoms with Gasteiger partial charge in [0.05, 0.1) is 17.2 Å². The van der Waals surface area contributed by atoms with E-state index in [2.05, 4.69) is 0 Å². The van der Waals surface area contributed by atoms with E-state index in [9.17, 15) is 9.59 Å². The summed E-state index contributed by atoms with van der Waals surface area (Å²) in [6, 6.07) is 14.1. The van der Waals surface area contributed by atoms with Crippen molar-refractivity contribution in [3.63, 3.8) is 0 Å². The van der Waals surface area contributed by atoms with Crippen molar-refractivity contribution < 1.29 is 24.2 Å². The number of carbonyl (C=O) groups is 2. The molecular weight excluding hydrogens is 410 g/mol. The van der Waals surface area contributed by atoms with E-state index in [4.69, 9.17) is 26.8 Å². The van der Waals surface area contributed by atoms with Gasteiger partial charge in [0.25, 0.3) is 5.91 Å². The molecule has 0 bridgehead atoms. The van der Waals surface area contributed by atoms with Gasteiger partial charge in [0.15, 0.2) is 10.4 Å². The molecule has 0 aromatic heterocycles. The van der Waals surface area contributed by atoms with Gasteiger partial charge >= 0.3 is 5.97 Å². The molecular formula is C21H19NO5S2. The van der Waals surface area contributed by atoms with Crippen LogP contribution in [-0.2, 0) is 9.59 Å². The van der Waals surface area contributed by atoms with E-state index in [1.165, 1.54) is 23.6 Å². The number of hydrogen-bond acceptors (Lipinski definition) is 6. The van der Waals surface area contributed by atoms with Crippen molar-refractivity contribution in [2.75, 3.05) is 11.5 Å². The van der Waals surface area contributed by atoms with Gasteiger partial charge in [0.1, 0.15) is 11.5 Å². The van der Waals surface area contributed by atoms with Gasteiger partial charge in [-0.2, -0.15) is 0 Å². The first-order valence-electron chi connectivity index (χ1n) is 8.90. The number of anilines is 1. The molecule has 1 N–H and O–H groups in total. The number of rotatable bonds is 7. The number of ether oxygens (including phenoxy) is 2. The lowest BCUT2D eigenvalue weighted by molar-refractivity contribution is -0.144. The van der Waals surface area contributed by atoms with Crippen LogP contribution in [-0.4, -0.2) is 34.0 Å². The summed E-state index contributed by atoms with van der Waals surface area (Å²) in [5, 5.41) is 9.08. The lowest BCUT2D eigenvalue weighted by atomic mass is 10.1. The molecule has 0 aliphatic carbocycles. The molecule has 2 aromatic rings. The minimum atomic E-state index is -1.07. The maximum Gasteiger partial charge on any atom is 0.344 e.